The summed E-state index contributed by atoms with van der Waals surface area (Å²) in [6.07, 6.45) is 4.09. The van der Waals surface area contributed by atoms with Crippen LogP contribution in [0.25, 0.3) is 0 Å². The Labute approximate surface area is 146 Å². The van der Waals surface area contributed by atoms with Gasteiger partial charge in [0.1, 0.15) is 0 Å². The van der Waals surface area contributed by atoms with Gasteiger partial charge in [-0.05, 0) is 38.3 Å². The van der Waals surface area contributed by atoms with E-state index in [1.165, 1.54) is 6.20 Å². The third kappa shape index (κ3) is 4.19. The number of anilines is 1. The summed E-state index contributed by atoms with van der Waals surface area (Å²) < 4.78 is 0. The van der Waals surface area contributed by atoms with Crippen molar-refractivity contribution in [2.75, 3.05) is 25.0 Å². The Hall–Kier alpha value is -2.35. The Bertz CT molecular complexity index is 698. The lowest BCUT2D eigenvalue weighted by Gasteiger charge is -2.29. The Morgan fingerprint density at radius 3 is 2.72 bits per heavy atom. The van der Waals surface area contributed by atoms with Crippen molar-refractivity contribution in [1.29, 1.82) is 0 Å². The number of aromatic nitrogens is 2. The first-order valence-electron chi connectivity index (χ1n) is 8.63. The second-order valence-electron chi connectivity index (χ2n) is 6.99. The minimum Gasteiger partial charge on any atom is -0.369 e. The number of nitrogens with zero attached hydrogens (tertiary/aromatic N) is 3. The van der Waals surface area contributed by atoms with Gasteiger partial charge in [0.15, 0.2) is 5.78 Å². The SMILES string of the molecule is CC1CC(=O)c2cnc(NC(=O)CN3CCC(C(N)=O)CC3)nc2C1. The van der Waals surface area contributed by atoms with Crippen LogP contribution in [-0.2, 0) is 16.0 Å². The average Bonchev–Trinajstić information content (AvgIpc) is 2.54. The fourth-order valence-corrected chi connectivity index (χ4v) is 3.44. The van der Waals surface area contributed by atoms with Gasteiger partial charge in [-0.15, -0.1) is 0 Å². The molecule has 1 aliphatic heterocycles. The summed E-state index contributed by atoms with van der Waals surface area (Å²) >= 11 is 0. The van der Waals surface area contributed by atoms with Crippen LogP contribution in [0.3, 0.4) is 0 Å². The second kappa shape index (κ2) is 7.26. The number of piperidine rings is 1. The molecule has 1 aromatic rings. The fourth-order valence-electron chi connectivity index (χ4n) is 3.44. The predicted octanol–water partition coefficient (Wildman–Crippen LogP) is 0.377. The van der Waals surface area contributed by atoms with Crippen LogP contribution in [0.5, 0.6) is 0 Å². The number of rotatable bonds is 4. The Morgan fingerprint density at radius 2 is 2.04 bits per heavy atom. The van der Waals surface area contributed by atoms with Crippen LogP contribution in [0.2, 0.25) is 0 Å². The van der Waals surface area contributed by atoms with E-state index in [1.807, 2.05) is 11.8 Å². The molecule has 0 saturated carbocycles. The number of carbonyl (C=O) groups is 3. The summed E-state index contributed by atoms with van der Waals surface area (Å²) in [5, 5.41) is 2.70. The molecule has 3 N–H and O–H groups in total. The van der Waals surface area contributed by atoms with Crippen LogP contribution < -0.4 is 11.1 Å². The normalized spacial score (nSPS) is 21.6. The molecule has 3 rings (SSSR count). The van der Waals surface area contributed by atoms with Gasteiger partial charge in [0, 0.05) is 18.5 Å². The smallest absolute Gasteiger partial charge is 0.240 e. The first-order valence-corrected chi connectivity index (χ1v) is 8.63. The highest BCUT2D eigenvalue weighted by Crippen LogP contribution is 2.24. The summed E-state index contributed by atoms with van der Waals surface area (Å²) in [6.45, 7) is 3.56. The van der Waals surface area contributed by atoms with Crippen molar-refractivity contribution in [3.8, 4) is 0 Å². The van der Waals surface area contributed by atoms with Crippen molar-refractivity contribution in [3.05, 3.63) is 17.5 Å². The molecule has 2 amide bonds. The molecular formula is C17H23N5O3. The summed E-state index contributed by atoms with van der Waals surface area (Å²) in [5.41, 5.74) is 6.58. The Balaban J connectivity index is 1.56. The highest BCUT2D eigenvalue weighted by atomic mass is 16.2. The molecule has 1 fully saturated rings. The van der Waals surface area contributed by atoms with E-state index in [-0.39, 0.29) is 41.9 Å². The Morgan fingerprint density at radius 1 is 1.32 bits per heavy atom. The number of Topliss-reactive ketones (excluding diaryl/α,β-unsaturated/α-hetero) is 1. The molecular weight excluding hydrogens is 322 g/mol. The van der Waals surface area contributed by atoms with Gasteiger partial charge in [0.25, 0.3) is 0 Å². The lowest BCUT2D eigenvalue weighted by atomic mass is 9.88. The second-order valence-corrected chi connectivity index (χ2v) is 6.99. The molecule has 0 spiro atoms. The zero-order chi connectivity index (χ0) is 18.0. The number of ketones is 1. The van der Waals surface area contributed by atoms with Crippen LogP contribution in [0.4, 0.5) is 5.95 Å². The summed E-state index contributed by atoms with van der Waals surface area (Å²) in [7, 11) is 0. The van der Waals surface area contributed by atoms with E-state index in [0.717, 1.165) is 0 Å². The van der Waals surface area contributed by atoms with Crippen molar-refractivity contribution in [2.45, 2.75) is 32.6 Å². The maximum absolute atomic E-state index is 12.2. The zero-order valence-electron chi connectivity index (χ0n) is 14.3. The molecule has 134 valence electrons. The fraction of sp³-hybridized carbons (Fsp3) is 0.588. The maximum atomic E-state index is 12.2. The van der Waals surface area contributed by atoms with Crippen molar-refractivity contribution in [3.63, 3.8) is 0 Å². The van der Waals surface area contributed by atoms with Crippen molar-refractivity contribution >= 4 is 23.5 Å². The number of hydrogen-bond acceptors (Lipinski definition) is 6. The summed E-state index contributed by atoms with van der Waals surface area (Å²) in [5.74, 6) is -0.0163. The molecule has 8 heteroatoms. The van der Waals surface area contributed by atoms with Crippen molar-refractivity contribution in [2.24, 2.45) is 17.6 Å². The first-order chi connectivity index (χ1) is 11.9. The van der Waals surface area contributed by atoms with Crippen LogP contribution in [0.15, 0.2) is 6.20 Å². The van der Waals surface area contributed by atoms with Crippen molar-refractivity contribution < 1.29 is 14.4 Å². The predicted molar refractivity (Wildman–Crippen MR) is 90.8 cm³/mol. The molecule has 1 aliphatic carbocycles. The topological polar surface area (TPSA) is 118 Å². The van der Waals surface area contributed by atoms with Crippen LogP contribution in [0, 0.1) is 11.8 Å². The first kappa shape index (κ1) is 17.5. The van der Waals surface area contributed by atoms with Crippen molar-refractivity contribution in [1.82, 2.24) is 14.9 Å². The minimum absolute atomic E-state index is 0.0592. The molecule has 1 unspecified atom stereocenters. The molecule has 0 radical (unpaired) electrons. The largest absolute Gasteiger partial charge is 0.369 e. The highest BCUT2D eigenvalue weighted by Gasteiger charge is 2.26. The number of fused-ring (bicyclic) bond motifs is 1. The number of likely N-dealkylation sites (tertiary alicyclic amines) is 1. The molecule has 2 aliphatic rings. The van der Waals surface area contributed by atoms with Crippen LogP contribution in [0.1, 0.15) is 42.2 Å². The molecule has 1 atom stereocenters. The quantitative estimate of drug-likeness (QED) is 0.814. The zero-order valence-corrected chi connectivity index (χ0v) is 14.3. The summed E-state index contributed by atoms with van der Waals surface area (Å²) in [6, 6.07) is 0. The molecule has 1 saturated heterocycles. The Kier molecular flexibility index (Phi) is 5.08. The van der Waals surface area contributed by atoms with Gasteiger partial charge in [-0.3, -0.25) is 24.6 Å². The van der Waals surface area contributed by atoms with E-state index in [0.29, 0.717) is 50.0 Å². The maximum Gasteiger partial charge on any atom is 0.240 e. The molecule has 25 heavy (non-hydrogen) atoms. The molecule has 8 nitrogen and oxygen atoms in total. The number of carbonyl (C=O) groups excluding carboxylic acids is 3. The van der Waals surface area contributed by atoms with E-state index in [1.54, 1.807) is 0 Å². The third-order valence-electron chi connectivity index (χ3n) is 4.85. The molecule has 2 heterocycles. The highest BCUT2D eigenvalue weighted by molar-refractivity contribution is 5.98. The van der Waals surface area contributed by atoms with Gasteiger partial charge in [-0.1, -0.05) is 6.92 Å². The average molecular weight is 345 g/mol. The standard InChI is InChI=1S/C17H23N5O3/c1-10-6-13-12(14(23)7-10)8-19-17(20-13)21-15(24)9-22-4-2-11(3-5-22)16(18)25/h8,10-11H,2-7,9H2,1H3,(H2,18,25)(H,19,20,21,24). The number of primary amides is 1. The van der Waals surface area contributed by atoms with Gasteiger partial charge in [-0.2, -0.15) is 0 Å². The van der Waals surface area contributed by atoms with Gasteiger partial charge in [0.2, 0.25) is 17.8 Å². The van der Waals surface area contributed by atoms with Gasteiger partial charge >= 0.3 is 0 Å². The van der Waals surface area contributed by atoms with E-state index < -0.39 is 0 Å². The summed E-state index contributed by atoms with van der Waals surface area (Å²) in [4.78, 5) is 45.7. The van der Waals surface area contributed by atoms with E-state index >= 15 is 0 Å². The van der Waals surface area contributed by atoms with E-state index in [2.05, 4.69) is 15.3 Å². The van der Waals surface area contributed by atoms with Gasteiger partial charge in [0.05, 0.1) is 17.8 Å². The monoisotopic (exact) mass is 345 g/mol. The van der Waals surface area contributed by atoms with Gasteiger partial charge in [-0.25, -0.2) is 9.97 Å². The van der Waals surface area contributed by atoms with Crippen LogP contribution >= 0.6 is 0 Å². The molecule has 1 aromatic heterocycles. The number of amides is 2. The van der Waals surface area contributed by atoms with Gasteiger partial charge < -0.3 is 5.73 Å². The number of nitrogens with one attached hydrogen (secondary N) is 1. The van der Waals surface area contributed by atoms with Crippen LogP contribution in [-0.4, -0.2) is 52.1 Å². The lowest BCUT2D eigenvalue weighted by Crippen LogP contribution is -2.42. The number of hydrogen-bond donors (Lipinski definition) is 2. The molecule has 0 bridgehead atoms. The minimum atomic E-state index is -0.268. The van der Waals surface area contributed by atoms with E-state index in [4.69, 9.17) is 5.73 Å². The lowest BCUT2D eigenvalue weighted by molar-refractivity contribution is -0.123. The number of nitrogens with two attached hydrogens (primary N) is 1. The molecule has 0 aromatic carbocycles. The van der Waals surface area contributed by atoms with E-state index in [9.17, 15) is 14.4 Å². The third-order valence-corrected chi connectivity index (χ3v) is 4.85.